The van der Waals surface area contributed by atoms with Crippen LogP contribution >= 0.6 is 15.9 Å². The average molecular weight is 344 g/mol. The summed E-state index contributed by atoms with van der Waals surface area (Å²) in [5.41, 5.74) is 3.21. The predicted molar refractivity (Wildman–Crippen MR) is 87.2 cm³/mol. The molecule has 0 aliphatic rings. The second-order valence-electron chi connectivity index (χ2n) is 4.90. The summed E-state index contributed by atoms with van der Waals surface area (Å²) in [6.45, 7) is 1.97. The highest BCUT2D eigenvalue weighted by atomic mass is 79.9. The molecule has 0 saturated heterocycles. The molecule has 1 heterocycles. The number of methoxy groups -OCH3 is 1. The molecule has 2 aromatic carbocycles. The van der Waals surface area contributed by atoms with Gasteiger partial charge in [-0.1, -0.05) is 33.6 Å². The van der Waals surface area contributed by atoms with E-state index in [0.29, 0.717) is 16.9 Å². The van der Waals surface area contributed by atoms with E-state index in [1.807, 2.05) is 43.3 Å². The lowest BCUT2D eigenvalue weighted by atomic mass is 10.0. The second kappa shape index (κ2) is 5.37. The van der Waals surface area contributed by atoms with Gasteiger partial charge < -0.3 is 9.72 Å². The van der Waals surface area contributed by atoms with Gasteiger partial charge in [0.05, 0.1) is 18.1 Å². The molecule has 0 radical (unpaired) electrons. The van der Waals surface area contributed by atoms with Gasteiger partial charge in [0.25, 0.3) is 0 Å². The number of carbonyl (C=O) groups is 1. The van der Waals surface area contributed by atoms with E-state index in [1.54, 1.807) is 13.3 Å². The van der Waals surface area contributed by atoms with E-state index >= 15 is 0 Å². The summed E-state index contributed by atoms with van der Waals surface area (Å²) in [5, 5.41) is 0.818. The van der Waals surface area contributed by atoms with E-state index in [-0.39, 0.29) is 5.78 Å². The first-order valence-corrected chi connectivity index (χ1v) is 7.36. The van der Waals surface area contributed by atoms with Gasteiger partial charge in [-0.15, -0.1) is 0 Å². The number of halogens is 1. The number of benzene rings is 2. The van der Waals surface area contributed by atoms with Crippen molar-refractivity contribution in [2.45, 2.75) is 6.92 Å². The summed E-state index contributed by atoms with van der Waals surface area (Å²) >= 11 is 3.45. The predicted octanol–water partition coefficient (Wildman–Crippen LogP) is 4.48. The van der Waals surface area contributed by atoms with Crippen molar-refractivity contribution in [1.29, 1.82) is 0 Å². The topological polar surface area (TPSA) is 42.1 Å². The molecule has 0 atom stereocenters. The minimum absolute atomic E-state index is 0.0266. The Labute approximate surface area is 131 Å². The summed E-state index contributed by atoms with van der Waals surface area (Å²) in [6.07, 6.45) is 1.74. The minimum atomic E-state index is -0.0266. The Kier molecular flexibility index (Phi) is 3.55. The van der Waals surface area contributed by atoms with Gasteiger partial charge in [0, 0.05) is 21.7 Å². The third kappa shape index (κ3) is 2.36. The summed E-state index contributed by atoms with van der Waals surface area (Å²) in [5.74, 6) is 0.669. The Bertz CT molecular complexity index is 836. The fourth-order valence-electron chi connectivity index (χ4n) is 2.46. The molecule has 1 N–H and O–H groups in total. The summed E-state index contributed by atoms with van der Waals surface area (Å²) in [6, 6.07) is 11.4. The quantitative estimate of drug-likeness (QED) is 0.712. The summed E-state index contributed by atoms with van der Waals surface area (Å²) < 4.78 is 6.18. The number of ketones is 1. The van der Waals surface area contributed by atoms with Crippen LogP contribution in [0.5, 0.6) is 5.75 Å². The molecule has 0 spiro atoms. The maximum Gasteiger partial charge on any atom is 0.196 e. The molecule has 1 aromatic heterocycles. The molecule has 0 aliphatic heterocycles. The Morgan fingerprint density at radius 3 is 2.76 bits per heavy atom. The number of hydrogen-bond acceptors (Lipinski definition) is 2. The Morgan fingerprint density at radius 2 is 2.00 bits per heavy atom. The highest BCUT2D eigenvalue weighted by molar-refractivity contribution is 9.10. The third-order valence-electron chi connectivity index (χ3n) is 3.50. The zero-order chi connectivity index (χ0) is 15.0. The molecule has 0 unspecified atom stereocenters. The van der Waals surface area contributed by atoms with Crippen molar-refractivity contribution in [1.82, 2.24) is 4.98 Å². The number of carbonyl (C=O) groups excluding carboxylic acids is 1. The van der Waals surface area contributed by atoms with Crippen molar-refractivity contribution >= 4 is 32.6 Å². The normalized spacial score (nSPS) is 10.8. The van der Waals surface area contributed by atoms with Crippen molar-refractivity contribution in [3.8, 4) is 5.75 Å². The smallest absolute Gasteiger partial charge is 0.196 e. The third-order valence-corrected chi connectivity index (χ3v) is 4.19. The van der Waals surface area contributed by atoms with Gasteiger partial charge in [0.1, 0.15) is 5.75 Å². The molecule has 4 heteroatoms. The zero-order valence-electron chi connectivity index (χ0n) is 11.7. The van der Waals surface area contributed by atoms with Gasteiger partial charge in [-0.3, -0.25) is 4.79 Å². The molecule has 21 heavy (non-hydrogen) atoms. The maximum atomic E-state index is 12.9. The number of aryl methyl sites for hydroxylation is 1. The van der Waals surface area contributed by atoms with Gasteiger partial charge in [-0.05, 0) is 31.2 Å². The zero-order valence-corrected chi connectivity index (χ0v) is 13.3. The van der Waals surface area contributed by atoms with Crippen LogP contribution < -0.4 is 4.74 Å². The van der Waals surface area contributed by atoms with E-state index in [4.69, 9.17) is 4.74 Å². The van der Waals surface area contributed by atoms with E-state index < -0.39 is 0 Å². The van der Waals surface area contributed by atoms with Crippen LogP contribution in [0.4, 0.5) is 0 Å². The molecule has 0 saturated carbocycles. The molecule has 3 aromatic rings. The highest BCUT2D eigenvalue weighted by Gasteiger charge is 2.19. The number of hydrogen-bond donors (Lipinski definition) is 1. The molecule has 0 fully saturated rings. The summed E-state index contributed by atoms with van der Waals surface area (Å²) in [4.78, 5) is 16.0. The SMILES string of the molecule is COc1cccc2[nH]cc(C(=O)c3cc(C)ccc3Br)c12. The monoisotopic (exact) mass is 343 g/mol. The first-order valence-electron chi connectivity index (χ1n) is 6.56. The lowest BCUT2D eigenvalue weighted by Gasteiger charge is -2.07. The van der Waals surface area contributed by atoms with Crippen LogP contribution in [-0.2, 0) is 0 Å². The largest absolute Gasteiger partial charge is 0.496 e. The lowest BCUT2D eigenvalue weighted by Crippen LogP contribution is -2.02. The molecule has 3 nitrogen and oxygen atoms in total. The maximum absolute atomic E-state index is 12.9. The number of H-pyrrole nitrogens is 1. The van der Waals surface area contributed by atoms with Gasteiger partial charge in [0.2, 0.25) is 0 Å². The Balaban J connectivity index is 2.20. The molecular formula is C17H14BrNO2. The van der Waals surface area contributed by atoms with E-state index in [0.717, 1.165) is 20.9 Å². The van der Waals surface area contributed by atoms with Crippen LogP contribution in [0.15, 0.2) is 47.1 Å². The molecule has 0 amide bonds. The Hall–Kier alpha value is -2.07. The number of fused-ring (bicyclic) bond motifs is 1. The van der Waals surface area contributed by atoms with Crippen LogP contribution in [0.1, 0.15) is 21.5 Å². The van der Waals surface area contributed by atoms with Crippen LogP contribution in [0.25, 0.3) is 10.9 Å². The van der Waals surface area contributed by atoms with Crippen LogP contribution in [0, 0.1) is 6.92 Å². The number of aromatic nitrogens is 1. The number of aromatic amines is 1. The van der Waals surface area contributed by atoms with Gasteiger partial charge in [0.15, 0.2) is 5.78 Å². The molecule has 3 rings (SSSR count). The molecular weight excluding hydrogens is 330 g/mol. The van der Waals surface area contributed by atoms with Crippen LogP contribution in [-0.4, -0.2) is 17.9 Å². The fraction of sp³-hybridized carbons (Fsp3) is 0.118. The van der Waals surface area contributed by atoms with Crippen molar-refractivity contribution in [3.63, 3.8) is 0 Å². The number of ether oxygens (including phenoxy) is 1. The first kappa shape index (κ1) is 13.9. The van der Waals surface area contributed by atoms with E-state index in [9.17, 15) is 4.79 Å². The summed E-state index contributed by atoms with van der Waals surface area (Å²) in [7, 11) is 1.61. The molecule has 0 aliphatic carbocycles. The van der Waals surface area contributed by atoms with E-state index in [1.165, 1.54) is 0 Å². The van der Waals surface area contributed by atoms with Gasteiger partial charge >= 0.3 is 0 Å². The average Bonchev–Trinajstić information content (AvgIpc) is 2.93. The number of rotatable bonds is 3. The van der Waals surface area contributed by atoms with Crippen molar-refractivity contribution < 1.29 is 9.53 Å². The van der Waals surface area contributed by atoms with Gasteiger partial charge in [-0.2, -0.15) is 0 Å². The number of nitrogens with one attached hydrogen (secondary N) is 1. The lowest BCUT2D eigenvalue weighted by molar-refractivity contribution is 0.103. The van der Waals surface area contributed by atoms with Crippen molar-refractivity contribution in [3.05, 3.63) is 63.8 Å². The van der Waals surface area contributed by atoms with Gasteiger partial charge in [-0.25, -0.2) is 0 Å². The second-order valence-corrected chi connectivity index (χ2v) is 5.75. The standard InChI is InChI=1S/C17H14BrNO2/c1-10-6-7-13(18)11(8-10)17(20)12-9-19-14-4-3-5-15(21-2)16(12)14/h3-9,19H,1-2H3. The first-order chi connectivity index (χ1) is 10.1. The molecule has 106 valence electrons. The van der Waals surface area contributed by atoms with Crippen molar-refractivity contribution in [2.24, 2.45) is 0 Å². The molecule has 0 bridgehead atoms. The van der Waals surface area contributed by atoms with Crippen LogP contribution in [0.3, 0.4) is 0 Å². The van der Waals surface area contributed by atoms with Crippen LogP contribution in [0.2, 0.25) is 0 Å². The highest BCUT2D eigenvalue weighted by Crippen LogP contribution is 2.31. The Morgan fingerprint density at radius 1 is 1.19 bits per heavy atom. The van der Waals surface area contributed by atoms with Crippen molar-refractivity contribution in [2.75, 3.05) is 7.11 Å². The van der Waals surface area contributed by atoms with E-state index in [2.05, 4.69) is 20.9 Å². The fourth-order valence-corrected chi connectivity index (χ4v) is 2.89. The minimum Gasteiger partial charge on any atom is -0.496 e.